The van der Waals surface area contributed by atoms with Crippen LogP contribution in [-0.4, -0.2) is 17.4 Å². The molecule has 1 fully saturated rings. The van der Waals surface area contributed by atoms with Gasteiger partial charge in [0.05, 0.1) is 12.1 Å². The Hall–Kier alpha value is -0.360. The van der Waals surface area contributed by atoms with Gasteiger partial charge in [-0.05, 0) is 26.2 Å². The number of rotatable bonds is 3. The molecule has 4 nitrogen and oxygen atoms in total. The Labute approximate surface area is 117 Å². The molecular formula is C10H17Cl2N3OS. The average molecular weight is 298 g/mol. The number of nitrogens with zero attached hydrogens (tertiary/aromatic N) is 1. The number of nitrogens with two attached hydrogens (primary N) is 1. The third kappa shape index (κ3) is 3.31. The number of carbonyl (C=O) groups excluding carboxylic acids is 1. The van der Waals surface area contributed by atoms with E-state index in [1.165, 1.54) is 0 Å². The maximum Gasteiger partial charge on any atom is 0.234 e. The molecule has 0 bridgehead atoms. The SMILES string of the molecule is Cc1csc(C2(NC(=O)CN)CCC2)n1.Cl.Cl. The lowest BCUT2D eigenvalue weighted by molar-refractivity contribution is -0.122. The molecule has 1 amide bonds. The summed E-state index contributed by atoms with van der Waals surface area (Å²) in [6.07, 6.45) is 3.10. The van der Waals surface area contributed by atoms with Crippen LogP contribution in [0.3, 0.4) is 0 Å². The fourth-order valence-electron chi connectivity index (χ4n) is 1.81. The normalized spacial score (nSPS) is 16.1. The van der Waals surface area contributed by atoms with E-state index in [4.69, 9.17) is 5.73 Å². The second-order valence-electron chi connectivity index (χ2n) is 3.98. The van der Waals surface area contributed by atoms with Gasteiger partial charge in [-0.1, -0.05) is 0 Å². The molecule has 0 atom stereocenters. The van der Waals surface area contributed by atoms with Gasteiger partial charge in [-0.3, -0.25) is 4.79 Å². The van der Waals surface area contributed by atoms with Crippen molar-refractivity contribution in [2.24, 2.45) is 5.73 Å². The Bertz CT molecular complexity index is 379. The molecule has 1 aromatic rings. The summed E-state index contributed by atoms with van der Waals surface area (Å²) in [6, 6.07) is 0. The molecule has 1 aromatic heterocycles. The van der Waals surface area contributed by atoms with Gasteiger partial charge in [-0.2, -0.15) is 0 Å². The fourth-order valence-corrected chi connectivity index (χ4v) is 2.83. The Morgan fingerprint density at radius 1 is 1.59 bits per heavy atom. The molecular weight excluding hydrogens is 281 g/mol. The quantitative estimate of drug-likeness (QED) is 0.893. The largest absolute Gasteiger partial charge is 0.343 e. The minimum atomic E-state index is -0.213. The highest BCUT2D eigenvalue weighted by Crippen LogP contribution is 2.42. The first-order valence-electron chi connectivity index (χ1n) is 5.10. The van der Waals surface area contributed by atoms with Gasteiger partial charge in [0, 0.05) is 11.1 Å². The number of aryl methyl sites for hydroxylation is 1. The first kappa shape index (κ1) is 16.6. The first-order chi connectivity index (χ1) is 7.16. The molecule has 17 heavy (non-hydrogen) atoms. The number of carbonyl (C=O) groups is 1. The number of thiazole rings is 1. The summed E-state index contributed by atoms with van der Waals surface area (Å²) in [5.41, 5.74) is 6.12. The lowest BCUT2D eigenvalue weighted by atomic mass is 9.77. The minimum Gasteiger partial charge on any atom is -0.343 e. The van der Waals surface area contributed by atoms with Crippen LogP contribution in [0.5, 0.6) is 0 Å². The maximum absolute atomic E-state index is 11.3. The average Bonchev–Trinajstić information content (AvgIpc) is 2.58. The summed E-state index contributed by atoms with van der Waals surface area (Å²) < 4.78 is 0. The number of halogens is 2. The van der Waals surface area contributed by atoms with Crippen LogP contribution < -0.4 is 11.1 Å². The van der Waals surface area contributed by atoms with E-state index in [9.17, 15) is 4.79 Å². The van der Waals surface area contributed by atoms with Gasteiger partial charge in [0.2, 0.25) is 5.91 Å². The Morgan fingerprint density at radius 3 is 2.59 bits per heavy atom. The molecule has 1 aliphatic rings. The molecule has 7 heteroatoms. The van der Waals surface area contributed by atoms with E-state index in [0.717, 1.165) is 30.0 Å². The summed E-state index contributed by atoms with van der Waals surface area (Å²) in [6.45, 7) is 2.02. The molecule has 1 aliphatic carbocycles. The van der Waals surface area contributed by atoms with Gasteiger partial charge in [0.25, 0.3) is 0 Å². The Morgan fingerprint density at radius 2 is 2.24 bits per heavy atom. The van der Waals surface area contributed by atoms with Crippen LogP contribution in [0.2, 0.25) is 0 Å². The lowest BCUT2D eigenvalue weighted by Gasteiger charge is -2.40. The summed E-state index contributed by atoms with van der Waals surface area (Å²) in [5, 5.41) is 6.03. The van der Waals surface area contributed by atoms with Crippen LogP contribution in [0.25, 0.3) is 0 Å². The van der Waals surface area contributed by atoms with Crippen molar-refractivity contribution in [1.29, 1.82) is 0 Å². The molecule has 3 N–H and O–H groups in total. The molecule has 0 spiro atoms. The van der Waals surface area contributed by atoms with E-state index in [1.807, 2.05) is 12.3 Å². The number of nitrogens with one attached hydrogen (secondary N) is 1. The highest BCUT2D eigenvalue weighted by molar-refractivity contribution is 7.09. The highest BCUT2D eigenvalue weighted by Gasteiger charge is 2.42. The molecule has 0 aromatic carbocycles. The zero-order chi connectivity index (χ0) is 10.9. The first-order valence-corrected chi connectivity index (χ1v) is 5.98. The second kappa shape index (κ2) is 6.54. The minimum absolute atomic E-state index is 0. The van der Waals surface area contributed by atoms with E-state index in [-0.39, 0.29) is 42.8 Å². The molecule has 0 aliphatic heterocycles. The topological polar surface area (TPSA) is 68.0 Å². The van der Waals surface area contributed by atoms with Gasteiger partial charge in [0.15, 0.2) is 0 Å². The Kier molecular flexibility index (Phi) is 6.40. The monoisotopic (exact) mass is 297 g/mol. The lowest BCUT2D eigenvalue weighted by Crippen LogP contribution is -2.52. The van der Waals surface area contributed by atoms with Crippen molar-refractivity contribution in [2.75, 3.05) is 6.54 Å². The zero-order valence-corrected chi connectivity index (χ0v) is 12.0. The van der Waals surface area contributed by atoms with E-state index < -0.39 is 0 Å². The predicted octanol–water partition coefficient (Wildman–Crippen LogP) is 1.75. The smallest absolute Gasteiger partial charge is 0.234 e. The van der Waals surface area contributed by atoms with Crippen LogP contribution in [0.15, 0.2) is 5.38 Å². The fraction of sp³-hybridized carbons (Fsp3) is 0.600. The molecule has 0 unspecified atom stereocenters. The summed E-state index contributed by atoms with van der Waals surface area (Å²) in [7, 11) is 0. The van der Waals surface area contributed by atoms with Gasteiger partial charge < -0.3 is 11.1 Å². The van der Waals surface area contributed by atoms with Crippen LogP contribution in [0.1, 0.15) is 30.0 Å². The van der Waals surface area contributed by atoms with Gasteiger partial charge in [0.1, 0.15) is 5.01 Å². The van der Waals surface area contributed by atoms with Crippen LogP contribution >= 0.6 is 36.2 Å². The van der Waals surface area contributed by atoms with E-state index in [2.05, 4.69) is 10.3 Å². The maximum atomic E-state index is 11.3. The zero-order valence-electron chi connectivity index (χ0n) is 9.56. The second-order valence-corrected chi connectivity index (χ2v) is 4.84. The van der Waals surface area contributed by atoms with Gasteiger partial charge in [-0.15, -0.1) is 36.2 Å². The summed E-state index contributed by atoms with van der Waals surface area (Å²) in [5.74, 6) is -0.0949. The summed E-state index contributed by atoms with van der Waals surface area (Å²) >= 11 is 1.62. The summed E-state index contributed by atoms with van der Waals surface area (Å²) in [4.78, 5) is 15.8. The highest BCUT2D eigenvalue weighted by atomic mass is 35.5. The molecule has 1 saturated carbocycles. The standard InChI is InChI=1S/C10H15N3OS.2ClH/c1-7-6-15-9(12-7)10(3-2-4-10)13-8(14)5-11;;/h6H,2-5,11H2,1H3,(H,13,14);2*1H. The number of hydrogen-bond donors (Lipinski definition) is 2. The van der Waals surface area contributed by atoms with Crippen LogP contribution in [-0.2, 0) is 10.3 Å². The van der Waals surface area contributed by atoms with Crippen molar-refractivity contribution in [2.45, 2.75) is 31.7 Å². The van der Waals surface area contributed by atoms with E-state index >= 15 is 0 Å². The third-order valence-electron chi connectivity index (χ3n) is 2.80. The predicted molar refractivity (Wildman–Crippen MR) is 74.1 cm³/mol. The van der Waals surface area contributed by atoms with Crippen molar-refractivity contribution in [1.82, 2.24) is 10.3 Å². The van der Waals surface area contributed by atoms with Crippen molar-refractivity contribution in [3.63, 3.8) is 0 Å². The van der Waals surface area contributed by atoms with Crippen LogP contribution in [0.4, 0.5) is 0 Å². The third-order valence-corrected chi connectivity index (χ3v) is 3.96. The number of amides is 1. The van der Waals surface area contributed by atoms with Gasteiger partial charge in [-0.25, -0.2) is 4.98 Å². The molecule has 0 radical (unpaired) electrons. The van der Waals surface area contributed by atoms with Gasteiger partial charge >= 0.3 is 0 Å². The molecule has 1 heterocycles. The Balaban J connectivity index is 0.00000128. The molecule has 0 saturated heterocycles. The van der Waals surface area contributed by atoms with E-state index in [1.54, 1.807) is 11.3 Å². The molecule has 98 valence electrons. The number of hydrogen-bond acceptors (Lipinski definition) is 4. The van der Waals surface area contributed by atoms with E-state index in [0.29, 0.717) is 0 Å². The van der Waals surface area contributed by atoms with Crippen molar-refractivity contribution in [3.05, 3.63) is 16.1 Å². The number of aromatic nitrogens is 1. The van der Waals surface area contributed by atoms with Crippen molar-refractivity contribution in [3.8, 4) is 0 Å². The van der Waals surface area contributed by atoms with Crippen molar-refractivity contribution >= 4 is 42.1 Å². The van der Waals surface area contributed by atoms with Crippen molar-refractivity contribution < 1.29 is 4.79 Å². The molecule has 2 rings (SSSR count). The van der Waals surface area contributed by atoms with Crippen LogP contribution in [0, 0.1) is 6.92 Å².